The maximum atomic E-state index is 12.0. The van der Waals surface area contributed by atoms with Gasteiger partial charge in [0.1, 0.15) is 0 Å². The van der Waals surface area contributed by atoms with E-state index in [2.05, 4.69) is 12.2 Å². The number of nitrogens with two attached hydrogens (primary N) is 1. The van der Waals surface area contributed by atoms with E-state index in [9.17, 15) is 4.79 Å². The summed E-state index contributed by atoms with van der Waals surface area (Å²) in [6.45, 7) is 2.08. The van der Waals surface area contributed by atoms with Crippen molar-refractivity contribution >= 4 is 47.2 Å². The van der Waals surface area contributed by atoms with Crippen molar-refractivity contribution in [1.29, 1.82) is 0 Å². The monoisotopic (exact) mass is 386 g/mol. The van der Waals surface area contributed by atoms with E-state index in [0.29, 0.717) is 16.5 Å². The van der Waals surface area contributed by atoms with Crippen LogP contribution < -0.4 is 11.1 Å². The lowest BCUT2D eigenvalue weighted by Crippen LogP contribution is -2.35. The van der Waals surface area contributed by atoms with Crippen molar-refractivity contribution in [3.8, 4) is 11.1 Å². The molecule has 0 radical (unpaired) electrons. The minimum Gasteiger partial charge on any atom is -0.325 e. The zero-order valence-electron chi connectivity index (χ0n) is 13.4. The number of amides is 1. The Morgan fingerprint density at radius 2 is 1.71 bits per heavy atom. The standard InChI is InChI=1S/C18H20Cl2N2O.ClH/c1-2-3-4-17(21)18(23)22-14-8-5-12(6-9-14)13-7-10-15(19)16(20)11-13;/h5-11,17H,2-4,21H2,1H3,(H,22,23);1H/t17-;/m0./s1. The largest absolute Gasteiger partial charge is 0.325 e. The lowest BCUT2D eigenvalue weighted by atomic mass is 10.1. The first-order valence-electron chi connectivity index (χ1n) is 7.63. The van der Waals surface area contributed by atoms with Crippen molar-refractivity contribution in [3.05, 3.63) is 52.5 Å². The van der Waals surface area contributed by atoms with E-state index in [1.165, 1.54) is 0 Å². The van der Waals surface area contributed by atoms with Gasteiger partial charge in [-0.3, -0.25) is 4.79 Å². The topological polar surface area (TPSA) is 55.1 Å². The van der Waals surface area contributed by atoms with Gasteiger partial charge < -0.3 is 11.1 Å². The van der Waals surface area contributed by atoms with Crippen LogP contribution in [-0.2, 0) is 4.79 Å². The van der Waals surface area contributed by atoms with Crippen LogP contribution >= 0.6 is 35.6 Å². The van der Waals surface area contributed by atoms with Crippen LogP contribution in [0.5, 0.6) is 0 Å². The van der Waals surface area contributed by atoms with E-state index in [4.69, 9.17) is 28.9 Å². The van der Waals surface area contributed by atoms with E-state index in [1.807, 2.05) is 36.4 Å². The Labute approximate surface area is 158 Å². The molecule has 3 N–H and O–H groups in total. The summed E-state index contributed by atoms with van der Waals surface area (Å²) in [7, 11) is 0. The molecule has 0 aromatic heterocycles. The fourth-order valence-corrected chi connectivity index (χ4v) is 2.51. The fourth-order valence-electron chi connectivity index (χ4n) is 2.21. The number of unbranched alkanes of at least 4 members (excludes halogenated alkanes) is 1. The summed E-state index contributed by atoms with van der Waals surface area (Å²) < 4.78 is 0. The highest BCUT2D eigenvalue weighted by Crippen LogP contribution is 2.29. The van der Waals surface area contributed by atoms with Gasteiger partial charge in [0.25, 0.3) is 0 Å². The van der Waals surface area contributed by atoms with Crippen molar-refractivity contribution in [1.82, 2.24) is 0 Å². The molecule has 2 aromatic carbocycles. The van der Waals surface area contributed by atoms with Gasteiger partial charge in [-0.15, -0.1) is 12.4 Å². The first-order valence-corrected chi connectivity index (χ1v) is 8.38. The van der Waals surface area contributed by atoms with Crippen LogP contribution in [0, 0.1) is 0 Å². The molecule has 2 rings (SSSR count). The van der Waals surface area contributed by atoms with Crippen molar-refractivity contribution in [2.24, 2.45) is 5.73 Å². The Morgan fingerprint density at radius 3 is 2.29 bits per heavy atom. The van der Waals surface area contributed by atoms with Gasteiger partial charge >= 0.3 is 0 Å². The zero-order valence-corrected chi connectivity index (χ0v) is 15.7. The molecule has 0 fully saturated rings. The molecule has 0 saturated heterocycles. The number of anilines is 1. The predicted octanol–water partition coefficient (Wildman–Crippen LogP) is 5.54. The van der Waals surface area contributed by atoms with Crippen LogP contribution in [0.2, 0.25) is 10.0 Å². The van der Waals surface area contributed by atoms with Gasteiger partial charge in [-0.25, -0.2) is 0 Å². The van der Waals surface area contributed by atoms with Gasteiger partial charge in [-0.2, -0.15) is 0 Å². The van der Waals surface area contributed by atoms with Crippen LogP contribution in [0.4, 0.5) is 5.69 Å². The molecule has 0 aliphatic heterocycles. The van der Waals surface area contributed by atoms with Gasteiger partial charge in [0.15, 0.2) is 0 Å². The Kier molecular flexibility index (Phi) is 8.57. The summed E-state index contributed by atoms with van der Waals surface area (Å²) in [5, 5.41) is 3.88. The van der Waals surface area contributed by atoms with E-state index >= 15 is 0 Å². The lowest BCUT2D eigenvalue weighted by Gasteiger charge is -2.12. The molecule has 6 heteroatoms. The first kappa shape index (κ1) is 20.8. The normalized spacial score (nSPS) is 11.5. The van der Waals surface area contributed by atoms with E-state index in [1.54, 1.807) is 6.07 Å². The molecule has 3 nitrogen and oxygen atoms in total. The SMILES string of the molecule is CCCC[C@H](N)C(=O)Nc1ccc(-c2ccc(Cl)c(Cl)c2)cc1.Cl. The number of carbonyl (C=O) groups is 1. The quantitative estimate of drug-likeness (QED) is 0.684. The molecule has 2 aromatic rings. The summed E-state index contributed by atoms with van der Waals surface area (Å²) in [6.07, 6.45) is 2.67. The van der Waals surface area contributed by atoms with Crippen LogP contribution in [0.1, 0.15) is 26.2 Å². The molecule has 0 aliphatic rings. The average Bonchev–Trinajstić information content (AvgIpc) is 2.55. The molecule has 0 aliphatic carbocycles. The Balaban J connectivity index is 0.00000288. The van der Waals surface area contributed by atoms with Crippen LogP contribution in [0.3, 0.4) is 0 Å². The summed E-state index contributed by atoms with van der Waals surface area (Å²) >= 11 is 12.0. The smallest absolute Gasteiger partial charge is 0.241 e. The number of hydrogen-bond donors (Lipinski definition) is 2. The summed E-state index contributed by atoms with van der Waals surface area (Å²) in [4.78, 5) is 12.0. The summed E-state index contributed by atoms with van der Waals surface area (Å²) in [5.74, 6) is -0.152. The molecule has 1 atom stereocenters. The molecule has 0 heterocycles. The second-order valence-electron chi connectivity index (χ2n) is 5.44. The maximum absolute atomic E-state index is 12.0. The summed E-state index contributed by atoms with van der Waals surface area (Å²) in [6, 6.07) is 12.6. The number of rotatable bonds is 6. The Morgan fingerprint density at radius 1 is 1.08 bits per heavy atom. The number of carbonyl (C=O) groups excluding carboxylic acids is 1. The molecule has 0 bridgehead atoms. The predicted molar refractivity (Wildman–Crippen MR) is 105 cm³/mol. The van der Waals surface area contributed by atoms with Gasteiger partial charge in [0.05, 0.1) is 16.1 Å². The highest BCUT2D eigenvalue weighted by Gasteiger charge is 2.12. The van der Waals surface area contributed by atoms with Crippen molar-refractivity contribution < 1.29 is 4.79 Å². The van der Waals surface area contributed by atoms with E-state index < -0.39 is 6.04 Å². The number of halogens is 3. The highest BCUT2D eigenvalue weighted by molar-refractivity contribution is 6.42. The highest BCUT2D eigenvalue weighted by atomic mass is 35.5. The number of hydrogen-bond acceptors (Lipinski definition) is 2. The van der Waals surface area contributed by atoms with Crippen LogP contribution in [-0.4, -0.2) is 11.9 Å². The van der Waals surface area contributed by atoms with E-state index in [-0.39, 0.29) is 18.3 Å². The van der Waals surface area contributed by atoms with Crippen LogP contribution in [0.25, 0.3) is 11.1 Å². The molecule has 130 valence electrons. The second kappa shape index (κ2) is 9.90. The molecular weight excluding hydrogens is 367 g/mol. The molecular formula is C18H21Cl3N2O. The third-order valence-electron chi connectivity index (χ3n) is 3.61. The molecule has 0 saturated carbocycles. The number of nitrogens with one attached hydrogen (secondary N) is 1. The lowest BCUT2D eigenvalue weighted by molar-refractivity contribution is -0.117. The van der Waals surface area contributed by atoms with Gasteiger partial charge in [-0.05, 0) is 41.8 Å². The van der Waals surface area contributed by atoms with Crippen molar-refractivity contribution in [2.75, 3.05) is 5.32 Å². The van der Waals surface area contributed by atoms with Gasteiger partial charge in [-0.1, -0.05) is 61.2 Å². The van der Waals surface area contributed by atoms with Crippen molar-refractivity contribution in [3.63, 3.8) is 0 Å². The minimum atomic E-state index is -0.468. The van der Waals surface area contributed by atoms with Gasteiger partial charge in [0.2, 0.25) is 5.91 Å². The van der Waals surface area contributed by atoms with Gasteiger partial charge in [0, 0.05) is 5.69 Å². The Hall–Kier alpha value is -1.26. The third-order valence-corrected chi connectivity index (χ3v) is 4.35. The fraction of sp³-hybridized carbons (Fsp3) is 0.278. The number of benzene rings is 2. The molecule has 24 heavy (non-hydrogen) atoms. The van der Waals surface area contributed by atoms with Crippen LogP contribution in [0.15, 0.2) is 42.5 Å². The minimum absolute atomic E-state index is 0. The summed E-state index contributed by atoms with van der Waals surface area (Å²) in [5.41, 5.74) is 8.56. The molecule has 0 unspecified atom stereocenters. The van der Waals surface area contributed by atoms with Crippen molar-refractivity contribution in [2.45, 2.75) is 32.2 Å². The first-order chi connectivity index (χ1) is 11.0. The third kappa shape index (κ3) is 5.67. The molecule has 1 amide bonds. The zero-order chi connectivity index (χ0) is 16.8. The second-order valence-corrected chi connectivity index (χ2v) is 6.26. The average molecular weight is 388 g/mol. The Bertz CT molecular complexity index is 674. The maximum Gasteiger partial charge on any atom is 0.241 e. The van der Waals surface area contributed by atoms with E-state index in [0.717, 1.165) is 29.7 Å². The molecule has 0 spiro atoms.